The van der Waals surface area contributed by atoms with Crippen molar-refractivity contribution in [2.45, 2.75) is 6.54 Å². The van der Waals surface area contributed by atoms with Gasteiger partial charge in [0.25, 0.3) is 0 Å². The first-order valence-electron chi connectivity index (χ1n) is 5.95. The zero-order valence-electron chi connectivity index (χ0n) is 11.1. The van der Waals surface area contributed by atoms with E-state index in [-0.39, 0.29) is 0 Å². The Balaban J connectivity index is 2.08. The van der Waals surface area contributed by atoms with Gasteiger partial charge in [0.2, 0.25) is 10.0 Å². The minimum atomic E-state index is -3.28. The summed E-state index contributed by atoms with van der Waals surface area (Å²) in [6.45, 7) is 0.524. The average Bonchev–Trinajstić information content (AvgIpc) is 2.36. The summed E-state index contributed by atoms with van der Waals surface area (Å²) in [7, 11) is -3.28. The average molecular weight is 435 g/mol. The van der Waals surface area contributed by atoms with E-state index in [9.17, 15) is 8.42 Å². The number of hydrogen-bond acceptors (Lipinski definition) is 4. The van der Waals surface area contributed by atoms with Crippen molar-refractivity contribution in [3.8, 4) is 0 Å². The zero-order chi connectivity index (χ0) is 15.5. The van der Waals surface area contributed by atoms with Crippen LogP contribution in [-0.4, -0.2) is 19.7 Å². The van der Waals surface area contributed by atoms with Gasteiger partial charge in [-0.2, -0.15) is 0 Å². The van der Waals surface area contributed by atoms with Gasteiger partial charge in [-0.15, -0.1) is 0 Å². The predicted molar refractivity (Wildman–Crippen MR) is 91.9 cm³/mol. The lowest BCUT2D eigenvalue weighted by molar-refractivity contribution is 0.607. The zero-order valence-corrected chi connectivity index (χ0v) is 15.1. The van der Waals surface area contributed by atoms with Gasteiger partial charge in [0.1, 0.15) is 0 Å². The van der Waals surface area contributed by atoms with Crippen LogP contribution in [0.3, 0.4) is 0 Å². The fourth-order valence-electron chi connectivity index (χ4n) is 1.67. The summed E-state index contributed by atoms with van der Waals surface area (Å²) < 4.78 is 26.7. The van der Waals surface area contributed by atoms with Crippen LogP contribution in [0.5, 0.6) is 0 Å². The van der Waals surface area contributed by atoms with Crippen LogP contribution >= 0.6 is 31.9 Å². The highest BCUT2D eigenvalue weighted by Gasteiger charge is 2.04. The summed E-state index contributed by atoms with van der Waals surface area (Å²) in [6.07, 6.45) is 2.85. The highest BCUT2D eigenvalue weighted by molar-refractivity contribution is 9.11. The lowest BCUT2D eigenvalue weighted by atomic mass is 10.2. The standard InChI is InChI=1S/C13H13Br2N3O2S/c1-21(19,20)18-11-4-2-3-10(6-11)16-8-13-12(15)5-9(14)7-17-13/h2-7,16,18H,8H2,1H3. The number of sulfonamides is 1. The summed E-state index contributed by atoms with van der Waals surface area (Å²) in [5, 5.41) is 3.20. The van der Waals surface area contributed by atoms with Gasteiger partial charge in [-0.3, -0.25) is 9.71 Å². The van der Waals surface area contributed by atoms with Crippen LogP contribution in [-0.2, 0) is 16.6 Å². The van der Waals surface area contributed by atoms with Crippen molar-refractivity contribution >= 4 is 53.3 Å². The molecule has 5 nitrogen and oxygen atoms in total. The molecule has 0 spiro atoms. The van der Waals surface area contributed by atoms with E-state index in [0.717, 1.165) is 26.6 Å². The first kappa shape index (κ1) is 16.3. The van der Waals surface area contributed by atoms with Gasteiger partial charge in [0, 0.05) is 20.8 Å². The van der Waals surface area contributed by atoms with E-state index in [1.54, 1.807) is 24.4 Å². The van der Waals surface area contributed by atoms with Gasteiger partial charge in [0.05, 0.1) is 24.2 Å². The molecule has 2 rings (SSSR count). The Hall–Kier alpha value is -1.12. The quantitative estimate of drug-likeness (QED) is 0.754. The monoisotopic (exact) mass is 433 g/mol. The predicted octanol–water partition coefficient (Wildman–Crippen LogP) is 3.59. The third kappa shape index (κ3) is 5.29. The second kappa shape index (κ2) is 6.76. The third-order valence-electron chi connectivity index (χ3n) is 2.51. The molecule has 21 heavy (non-hydrogen) atoms. The van der Waals surface area contributed by atoms with Gasteiger partial charge in [-0.05, 0) is 56.1 Å². The van der Waals surface area contributed by atoms with Crippen LogP contribution in [0, 0.1) is 0 Å². The Bertz CT molecular complexity index is 751. The van der Waals surface area contributed by atoms with E-state index < -0.39 is 10.0 Å². The lowest BCUT2D eigenvalue weighted by Gasteiger charge is -2.10. The van der Waals surface area contributed by atoms with Crippen molar-refractivity contribution in [2.75, 3.05) is 16.3 Å². The number of pyridine rings is 1. The number of aromatic nitrogens is 1. The Morgan fingerprint density at radius 3 is 2.57 bits per heavy atom. The molecule has 1 heterocycles. The molecule has 0 saturated carbocycles. The normalized spacial score (nSPS) is 11.2. The minimum Gasteiger partial charge on any atom is -0.379 e. The molecule has 0 bridgehead atoms. The molecule has 1 aromatic carbocycles. The molecule has 0 amide bonds. The first-order chi connectivity index (χ1) is 9.83. The van der Waals surface area contributed by atoms with Gasteiger partial charge >= 0.3 is 0 Å². The SMILES string of the molecule is CS(=O)(=O)Nc1cccc(NCc2ncc(Br)cc2Br)c1. The lowest BCUT2D eigenvalue weighted by Crippen LogP contribution is -2.10. The summed E-state index contributed by atoms with van der Waals surface area (Å²) in [6, 6.07) is 8.99. The maximum absolute atomic E-state index is 11.2. The van der Waals surface area contributed by atoms with Crippen molar-refractivity contribution in [3.05, 3.63) is 51.2 Å². The molecule has 112 valence electrons. The van der Waals surface area contributed by atoms with Crippen molar-refractivity contribution in [1.29, 1.82) is 0 Å². The third-order valence-corrected chi connectivity index (χ3v) is 4.24. The van der Waals surface area contributed by atoms with E-state index in [2.05, 4.69) is 46.9 Å². The van der Waals surface area contributed by atoms with Crippen molar-refractivity contribution in [2.24, 2.45) is 0 Å². The number of halogens is 2. The van der Waals surface area contributed by atoms with Crippen LogP contribution in [0.4, 0.5) is 11.4 Å². The number of rotatable bonds is 5. The molecule has 0 saturated heterocycles. The maximum Gasteiger partial charge on any atom is 0.229 e. The topological polar surface area (TPSA) is 71.1 Å². The number of nitrogens with zero attached hydrogens (tertiary/aromatic N) is 1. The first-order valence-corrected chi connectivity index (χ1v) is 9.43. The molecule has 2 N–H and O–H groups in total. The van der Waals surface area contributed by atoms with Crippen molar-refractivity contribution < 1.29 is 8.42 Å². The van der Waals surface area contributed by atoms with Gasteiger partial charge in [-0.1, -0.05) is 6.07 Å². The van der Waals surface area contributed by atoms with Crippen LogP contribution in [0.2, 0.25) is 0 Å². The molecule has 1 aromatic heterocycles. The molecular formula is C13H13Br2N3O2S. The smallest absolute Gasteiger partial charge is 0.229 e. The fourth-order valence-corrected chi connectivity index (χ4v) is 3.35. The van der Waals surface area contributed by atoms with E-state index in [0.29, 0.717) is 12.2 Å². The number of nitrogens with one attached hydrogen (secondary N) is 2. The molecule has 0 atom stereocenters. The molecule has 0 fully saturated rings. The summed E-state index contributed by atoms with van der Waals surface area (Å²) in [4.78, 5) is 4.31. The van der Waals surface area contributed by atoms with E-state index in [1.807, 2.05) is 12.1 Å². The molecule has 0 aliphatic rings. The molecule has 0 aliphatic heterocycles. The Kier molecular flexibility index (Phi) is 5.23. The van der Waals surface area contributed by atoms with Gasteiger partial charge in [-0.25, -0.2) is 8.42 Å². The number of hydrogen-bond donors (Lipinski definition) is 2. The van der Waals surface area contributed by atoms with E-state index >= 15 is 0 Å². The highest BCUT2D eigenvalue weighted by atomic mass is 79.9. The fraction of sp³-hybridized carbons (Fsp3) is 0.154. The minimum absolute atomic E-state index is 0.519. The van der Waals surface area contributed by atoms with Crippen LogP contribution in [0.1, 0.15) is 5.69 Å². The number of anilines is 2. The Labute approximate surface area is 140 Å². The highest BCUT2D eigenvalue weighted by Crippen LogP contribution is 2.21. The second-order valence-electron chi connectivity index (χ2n) is 4.39. The van der Waals surface area contributed by atoms with Crippen LogP contribution in [0.25, 0.3) is 0 Å². The molecule has 8 heteroatoms. The van der Waals surface area contributed by atoms with E-state index in [4.69, 9.17) is 0 Å². The summed E-state index contributed by atoms with van der Waals surface area (Å²) >= 11 is 6.80. The van der Waals surface area contributed by atoms with Gasteiger partial charge < -0.3 is 5.32 Å². The second-order valence-corrected chi connectivity index (χ2v) is 7.91. The summed E-state index contributed by atoms with van der Waals surface area (Å²) in [5.41, 5.74) is 2.19. The Morgan fingerprint density at radius 1 is 1.19 bits per heavy atom. The molecule has 0 radical (unpaired) electrons. The summed E-state index contributed by atoms with van der Waals surface area (Å²) in [5.74, 6) is 0. The number of benzene rings is 1. The maximum atomic E-state index is 11.2. The molecule has 0 unspecified atom stereocenters. The van der Waals surface area contributed by atoms with E-state index in [1.165, 1.54) is 0 Å². The van der Waals surface area contributed by atoms with Crippen LogP contribution < -0.4 is 10.0 Å². The molecule has 0 aliphatic carbocycles. The van der Waals surface area contributed by atoms with Crippen molar-refractivity contribution in [1.82, 2.24) is 4.98 Å². The van der Waals surface area contributed by atoms with Gasteiger partial charge in [0.15, 0.2) is 0 Å². The Morgan fingerprint density at radius 2 is 1.90 bits per heavy atom. The van der Waals surface area contributed by atoms with Crippen molar-refractivity contribution in [3.63, 3.8) is 0 Å². The molecule has 2 aromatic rings. The largest absolute Gasteiger partial charge is 0.379 e. The van der Waals surface area contributed by atoms with Crippen LogP contribution in [0.15, 0.2) is 45.5 Å². The molecular weight excluding hydrogens is 422 g/mol.